The van der Waals surface area contributed by atoms with Crippen LogP contribution in [0.5, 0.6) is 5.75 Å². The van der Waals surface area contributed by atoms with Crippen LogP contribution in [0, 0.1) is 6.92 Å². The molecule has 0 saturated carbocycles. The highest BCUT2D eigenvalue weighted by Gasteiger charge is 2.17. The molecule has 1 aliphatic heterocycles. The molecule has 0 fully saturated rings. The molecule has 0 radical (unpaired) electrons. The number of carbonyl (C=O) groups is 2. The van der Waals surface area contributed by atoms with Gasteiger partial charge in [0.1, 0.15) is 10.8 Å². The van der Waals surface area contributed by atoms with Crippen molar-refractivity contribution in [2.45, 2.75) is 13.3 Å². The summed E-state index contributed by atoms with van der Waals surface area (Å²) in [6, 6.07) is 13.2. The average Bonchev–Trinajstić information content (AvgIpc) is 3.11. The number of fused-ring (bicyclic) bond motifs is 1. The lowest BCUT2D eigenvalue weighted by Crippen LogP contribution is -2.25. The molecule has 0 spiro atoms. The highest BCUT2D eigenvalue weighted by Crippen LogP contribution is 2.33. The van der Waals surface area contributed by atoms with Crippen LogP contribution in [0.15, 0.2) is 47.8 Å². The molecule has 2 amide bonds. The SMILES string of the molecule is Cc1ccccc1NC(=O)Cc1nc(-c2ccc3c(c2)NC(=O)CO3)cs1. The molecule has 7 heteroatoms. The predicted octanol–water partition coefficient (Wildman–Crippen LogP) is 3.63. The molecule has 2 heterocycles. The highest BCUT2D eigenvalue weighted by atomic mass is 32.1. The number of aryl methyl sites for hydroxylation is 1. The molecular formula is C20H17N3O3S. The van der Waals surface area contributed by atoms with Crippen LogP contribution in [-0.4, -0.2) is 23.4 Å². The standard InChI is InChI=1S/C20H17N3O3S/c1-12-4-2-3-5-14(12)21-18(24)9-20-23-16(11-27-20)13-6-7-17-15(8-13)22-19(25)10-26-17/h2-8,11H,9-10H2,1H3,(H,21,24)(H,22,25). The Labute approximate surface area is 160 Å². The largest absolute Gasteiger partial charge is 0.482 e. The first kappa shape index (κ1) is 17.2. The molecule has 27 heavy (non-hydrogen) atoms. The zero-order valence-corrected chi connectivity index (χ0v) is 15.4. The second-order valence-electron chi connectivity index (χ2n) is 6.21. The Bertz CT molecular complexity index is 1030. The second kappa shape index (κ2) is 7.20. The smallest absolute Gasteiger partial charge is 0.262 e. The van der Waals surface area contributed by atoms with Crippen LogP contribution in [0.2, 0.25) is 0 Å². The molecule has 0 saturated heterocycles. The molecule has 6 nitrogen and oxygen atoms in total. The van der Waals surface area contributed by atoms with Crippen molar-refractivity contribution in [2.75, 3.05) is 17.2 Å². The molecule has 3 aromatic rings. The number of hydrogen-bond donors (Lipinski definition) is 2. The van der Waals surface area contributed by atoms with Crippen LogP contribution in [0.25, 0.3) is 11.3 Å². The Hall–Kier alpha value is -3.19. The van der Waals surface area contributed by atoms with Crippen molar-refractivity contribution in [3.05, 3.63) is 58.4 Å². The normalized spacial score (nSPS) is 12.7. The van der Waals surface area contributed by atoms with E-state index in [1.165, 1.54) is 11.3 Å². The molecule has 0 aliphatic carbocycles. The quantitative estimate of drug-likeness (QED) is 0.725. The van der Waals surface area contributed by atoms with Crippen LogP contribution in [0.3, 0.4) is 0 Å². The summed E-state index contributed by atoms with van der Waals surface area (Å²) >= 11 is 1.43. The van der Waals surface area contributed by atoms with E-state index in [0.29, 0.717) is 11.4 Å². The first-order valence-electron chi connectivity index (χ1n) is 8.45. The van der Waals surface area contributed by atoms with Gasteiger partial charge in [-0.15, -0.1) is 11.3 Å². The number of ether oxygens (including phenoxy) is 1. The first-order valence-corrected chi connectivity index (χ1v) is 9.33. The van der Waals surface area contributed by atoms with Gasteiger partial charge in [-0.25, -0.2) is 4.98 Å². The van der Waals surface area contributed by atoms with Crippen LogP contribution >= 0.6 is 11.3 Å². The number of para-hydroxylation sites is 1. The molecular weight excluding hydrogens is 362 g/mol. The second-order valence-corrected chi connectivity index (χ2v) is 7.16. The number of anilines is 2. The van der Waals surface area contributed by atoms with E-state index in [0.717, 1.165) is 27.5 Å². The number of hydrogen-bond acceptors (Lipinski definition) is 5. The molecule has 0 unspecified atom stereocenters. The van der Waals surface area contributed by atoms with E-state index in [-0.39, 0.29) is 24.8 Å². The number of thiazole rings is 1. The number of aromatic nitrogens is 1. The summed E-state index contributed by atoms with van der Waals surface area (Å²) in [5, 5.41) is 8.34. The average molecular weight is 379 g/mol. The van der Waals surface area contributed by atoms with E-state index in [2.05, 4.69) is 15.6 Å². The Balaban J connectivity index is 1.47. The van der Waals surface area contributed by atoms with E-state index in [1.807, 2.05) is 54.8 Å². The maximum atomic E-state index is 12.3. The number of amides is 2. The van der Waals surface area contributed by atoms with E-state index in [1.54, 1.807) is 0 Å². The van der Waals surface area contributed by atoms with Gasteiger partial charge in [0.2, 0.25) is 5.91 Å². The van der Waals surface area contributed by atoms with Crippen LogP contribution in [-0.2, 0) is 16.0 Å². The minimum atomic E-state index is -0.175. The molecule has 1 aliphatic rings. The van der Waals surface area contributed by atoms with Crippen molar-refractivity contribution < 1.29 is 14.3 Å². The number of rotatable bonds is 4. The van der Waals surface area contributed by atoms with Crippen molar-refractivity contribution >= 4 is 34.5 Å². The fraction of sp³-hybridized carbons (Fsp3) is 0.150. The van der Waals surface area contributed by atoms with E-state index < -0.39 is 0 Å². The van der Waals surface area contributed by atoms with Crippen molar-refractivity contribution in [3.8, 4) is 17.0 Å². The predicted molar refractivity (Wildman–Crippen MR) is 105 cm³/mol. The molecule has 2 N–H and O–H groups in total. The van der Waals surface area contributed by atoms with Crippen molar-refractivity contribution in [1.82, 2.24) is 4.98 Å². The molecule has 4 rings (SSSR count). The fourth-order valence-electron chi connectivity index (χ4n) is 2.81. The number of nitrogens with one attached hydrogen (secondary N) is 2. The van der Waals surface area contributed by atoms with Crippen LogP contribution in [0.4, 0.5) is 11.4 Å². The number of nitrogens with zero attached hydrogens (tertiary/aromatic N) is 1. The third-order valence-corrected chi connectivity index (χ3v) is 5.04. The number of carbonyl (C=O) groups excluding carboxylic acids is 2. The fourth-order valence-corrected chi connectivity index (χ4v) is 3.61. The van der Waals surface area contributed by atoms with Gasteiger partial charge in [-0.3, -0.25) is 9.59 Å². The maximum Gasteiger partial charge on any atom is 0.262 e. The zero-order chi connectivity index (χ0) is 18.8. The number of benzene rings is 2. The Morgan fingerprint density at radius 2 is 2.15 bits per heavy atom. The van der Waals surface area contributed by atoms with Crippen molar-refractivity contribution in [1.29, 1.82) is 0 Å². The minimum Gasteiger partial charge on any atom is -0.482 e. The van der Waals surface area contributed by atoms with E-state index in [4.69, 9.17) is 4.74 Å². The summed E-state index contributed by atoms with van der Waals surface area (Å²) in [6.07, 6.45) is 0.212. The third-order valence-electron chi connectivity index (χ3n) is 4.19. The third kappa shape index (κ3) is 3.83. The summed E-state index contributed by atoms with van der Waals surface area (Å²) in [5.74, 6) is 0.370. The summed E-state index contributed by atoms with van der Waals surface area (Å²) in [6.45, 7) is 1.99. The minimum absolute atomic E-state index is 0.0309. The summed E-state index contributed by atoms with van der Waals surface area (Å²) in [5.41, 5.74) is 4.09. The van der Waals surface area contributed by atoms with Crippen molar-refractivity contribution in [2.24, 2.45) is 0 Å². The molecule has 1 aromatic heterocycles. The van der Waals surface area contributed by atoms with E-state index >= 15 is 0 Å². The maximum absolute atomic E-state index is 12.3. The van der Waals surface area contributed by atoms with Gasteiger partial charge >= 0.3 is 0 Å². The van der Waals surface area contributed by atoms with Gasteiger partial charge in [0.15, 0.2) is 6.61 Å². The molecule has 0 bridgehead atoms. The van der Waals surface area contributed by atoms with Gasteiger partial charge in [0.25, 0.3) is 5.91 Å². The summed E-state index contributed by atoms with van der Waals surface area (Å²) < 4.78 is 5.37. The summed E-state index contributed by atoms with van der Waals surface area (Å²) in [4.78, 5) is 28.3. The molecule has 0 atom stereocenters. The van der Waals surface area contributed by atoms with Gasteiger partial charge in [-0.05, 0) is 36.8 Å². The van der Waals surface area contributed by atoms with Gasteiger partial charge in [-0.2, -0.15) is 0 Å². The molecule has 136 valence electrons. The topological polar surface area (TPSA) is 80.3 Å². The van der Waals surface area contributed by atoms with Crippen molar-refractivity contribution in [3.63, 3.8) is 0 Å². The van der Waals surface area contributed by atoms with Gasteiger partial charge in [-0.1, -0.05) is 18.2 Å². The van der Waals surface area contributed by atoms with Gasteiger partial charge < -0.3 is 15.4 Å². The Morgan fingerprint density at radius 3 is 3.00 bits per heavy atom. The summed E-state index contributed by atoms with van der Waals surface area (Å²) in [7, 11) is 0. The van der Waals surface area contributed by atoms with Gasteiger partial charge in [0, 0.05) is 16.6 Å². The first-order chi connectivity index (χ1) is 13.1. The lowest BCUT2D eigenvalue weighted by molar-refractivity contribution is -0.118. The Kier molecular flexibility index (Phi) is 4.60. The lowest BCUT2D eigenvalue weighted by Gasteiger charge is -2.18. The van der Waals surface area contributed by atoms with Crippen LogP contribution < -0.4 is 15.4 Å². The Morgan fingerprint density at radius 1 is 1.30 bits per heavy atom. The van der Waals surface area contributed by atoms with Gasteiger partial charge in [0.05, 0.1) is 17.8 Å². The monoisotopic (exact) mass is 379 g/mol. The zero-order valence-electron chi connectivity index (χ0n) is 14.6. The molecule has 2 aromatic carbocycles. The van der Waals surface area contributed by atoms with E-state index in [9.17, 15) is 9.59 Å². The lowest BCUT2D eigenvalue weighted by atomic mass is 10.1. The van der Waals surface area contributed by atoms with Crippen LogP contribution in [0.1, 0.15) is 10.6 Å². The highest BCUT2D eigenvalue weighted by molar-refractivity contribution is 7.10.